The lowest BCUT2D eigenvalue weighted by molar-refractivity contribution is -0.137. The van der Waals surface area contributed by atoms with Gasteiger partial charge in [-0.2, -0.15) is 18.3 Å². The van der Waals surface area contributed by atoms with Gasteiger partial charge in [0, 0.05) is 35.1 Å². The highest BCUT2D eigenvalue weighted by atomic mass is 19.4. The fourth-order valence-corrected chi connectivity index (χ4v) is 4.55. The second-order valence-corrected chi connectivity index (χ2v) is 8.68. The van der Waals surface area contributed by atoms with E-state index in [4.69, 9.17) is 4.74 Å². The lowest BCUT2D eigenvalue weighted by atomic mass is 9.73. The van der Waals surface area contributed by atoms with Gasteiger partial charge in [-0.15, -0.1) is 0 Å². The summed E-state index contributed by atoms with van der Waals surface area (Å²) in [6.07, 6.45) is -4.95. The number of fused-ring (bicyclic) bond motifs is 1. The Morgan fingerprint density at radius 3 is 2.52 bits per heavy atom. The maximum absolute atomic E-state index is 13.5. The molecule has 1 atom stereocenters. The molecule has 2 N–H and O–H groups in total. The number of rotatable bonds is 5. The molecule has 2 aromatic carbocycles. The monoisotopic (exact) mass is 461 g/mol. The fraction of sp³-hybridized carbons (Fsp3) is 0.417. The number of hydrogen-bond acceptors (Lipinski definition) is 3. The van der Waals surface area contributed by atoms with E-state index in [1.165, 1.54) is 4.90 Å². The molecule has 1 aromatic heterocycles. The van der Waals surface area contributed by atoms with Crippen molar-refractivity contribution in [3.63, 3.8) is 0 Å². The molecule has 0 saturated carbocycles. The van der Waals surface area contributed by atoms with Gasteiger partial charge in [-0.1, -0.05) is 30.3 Å². The van der Waals surface area contributed by atoms with Crippen LogP contribution >= 0.6 is 0 Å². The normalized spacial score (nSPS) is 17.3. The van der Waals surface area contributed by atoms with Crippen LogP contribution in [-0.4, -0.2) is 46.0 Å². The van der Waals surface area contributed by atoms with Crippen molar-refractivity contribution in [2.45, 2.75) is 44.4 Å². The molecule has 0 radical (unpaired) electrons. The molecule has 3 aromatic rings. The van der Waals surface area contributed by atoms with Gasteiger partial charge in [0.2, 0.25) is 0 Å². The number of nitrogens with one attached hydrogen (secondary N) is 1. The molecule has 6 nitrogen and oxygen atoms in total. The highest BCUT2D eigenvalue weighted by molar-refractivity contribution is 5.85. The lowest BCUT2D eigenvalue weighted by Crippen LogP contribution is -2.47. The average molecular weight is 461 g/mol. The number of H-pyrrole nitrogens is 1. The SMILES string of the molecule is Cc1[nH]nc2c(C(C)OCC3(c4ccccc4)CCN(C(=O)O)CC3)cc(C(F)(F)F)cc12. The number of piperidine rings is 1. The quantitative estimate of drug-likeness (QED) is 0.513. The Kier molecular flexibility index (Phi) is 6.09. The molecular formula is C24H26F3N3O3. The molecule has 1 aliphatic heterocycles. The van der Waals surface area contributed by atoms with E-state index < -0.39 is 29.4 Å². The van der Waals surface area contributed by atoms with Gasteiger partial charge in [-0.3, -0.25) is 5.10 Å². The molecule has 1 unspecified atom stereocenters. The van der Waals surface area contributed by atoms with Crippen molar-refractivity contribution in [2.24, 2.45) is 0 Å². The Morgan fingerprint density at radius 1 is 1.24 bits per heavy atom. The number of hydrogen-bond donors (Lipinski definition) is 2. The molecule has 176 valence electrons. The van der Waals surface area contributed by atoms with Crippen LogP contribution in [0.1, 0.15) is 48.3 Å². The zero-order valence-electron chi connectivity index (χ0n) is 18.4. The number of benzene rings is 2. The summed E-state index contributed by atoms with van der Waals surface area (Å²) in [5.74, 6) is 0. The van der Waals surface area contributed by atoms with Crippen LogP contribution in [0.15, 0.2) is 42.5 Å². The van der Waals surface area contributed by atoms with Gasteiger partial charge < -0.3 is 14.7 Å². The minimum atomic E-state index is -4.48. The number of amides is 1. The number of carbonyl (C=O) groups is 1. The summed E-state index contributed by atoms with van der Waals surface area (Å²) in [6, 6.07) is 12.0. The summed E-state index contributed by atoms with van der Waals surface area (Å²) in [5, 5.41) is 16.7. The van der Waals surface area contributed by atoms with Gasteiger partial charge >= 0.3 is 12.3 Å². The molecule has 1 amide bonds. The number of likely N-dealkylation sites (tertiary alicyclic amines) is 1. The second-order valence-electron chi connectivity index (χ2n) is 8.68. The van der Waals surface area contributed by atoms with Crippen LogP contribution in [0.3, 0.4) is 0 Å². The molecule has 1 saturated heterocycles. The van der Waals surface area contributed by atoms with E-state index in [0.29, 0.717) is 48.1 Å². The van der Waals surface area contributed by atoms with Crippen LogP contribution in [0.2, 0.25) is 0 Å². The Morgan fingerprint density at radius 2 is 1.91 bits per heavy atom. The number of ether oxygens (including phenoxy) is 1. The average Bonchev–Trinajstić information content (AvgIpc) is 3.18. The molecule has 2 heterocycles. The van der Waals surface area contributed by atoms with E-state index in [1.807, 2.05) is 30.3 Å². The number of aromatic nitrogens is 2. The van der Waals surface area contributed by atoms with Crippen LogP contribution in [0.5, 0.6) is 0 Å². The van der Waals surface area contributed by atoms with Crippen molar-refractivity contribution in [3.05, 3.63) is 64.8 Å². The molecule has 0 aliphatic carbocycles. The van der Waals surface area contributed by atoms with E-state index in [0.717, 1.165) is 17.7 Å². The molecule has 0 bridgehead atoms. The molecule has 33 heavy (non-hydrogen) atoms. The zero-order chi connectivity index (χ0) is 23.8. The van der Waals surface area contributed by atoms with E-state index >= 15 is 0 Å². The van der Waals surface area contributed by atoms with E-state index in [2.05, 4.69) is 10.2 Å². The highest BCUT2D eigenvalue weighted by Crippen LogP contribution is 2.39. The Bertz CT molecular complexity index is 1140. The smallest absolute Gasteiger partial charge is 0.416 e. The van der Waals surface area contributed by atoms with Crippen molar-refractivity contribution in [1.82, 2.24) is 15.1 Å². The Hall–Kier alpha value is -3.07. The maximum Gasteiger partial charge on any atom is 0.416 e. The standard InChI is InChI=1S/C24H26F3N3O3/c1-15-19-12-18(24(25,26)27)13-20(21(19)29-28-15)16(2)33-14-23(17-6-4-3-5-7-17)8-10-30(11-9-23)22(31)32/h3-7,12-13,16H,8-11,14H2,1-2H3,(H,28,29)(H,31,32). The largest absolute Gasteiger partial charge is 0.465 e. The first-order valence-electron chi connectivity index (χ1n) is 10.8. The Labute approximate surface area is 189 Å². The predicted molar refractivity (Wildman–Crippen MR) is 117 cm³/mol. The van der Waals surface area contributed by atoms with E-state index in [1.54, 1.807) is 13.8 Å². The van der Waals surface area contributed by atoms with Gasteiger partial charge in [-0.25, -0.2) is 4.79 Å². The summed E-state index contributed by atoms with van der Waals surface area (Å²) in [4.78, 5) is 12.8. The van der Waals surface area contributed by atoms with Crippen LogP contribution in [0.25, 0.3) is 10.9 Å². The van der Waals surface area contributed by atoms with Crippen LogP contribution in [0.4, 0.5) is 18.0 Å². The minimum absolute atomic E-state index is 0.257. The summed E-state index contributed by atoms with van der Waals surface area (Å²) in [6.45, 7) is 4.41. The van der Waals surface area contributed by atoms with Crippen LogP contribution in [0, 0.1) is 6.92 Å². The molecule has 4 rings (SSSR count). The fourth-order valence-electron chi connectivity index (χ4n) is 4.55. The number of aromatic amines is 1. The van der Waals surface area contributed by atoms with Gasteiger partial charge in [-0.05, 0) is 44.4 Å². The Balaban J connectivity index is 1.63. The van der Waals surface area contributed by atoms with Crippen molar-refractivity contribution in [2.75, 3.05) is 19.7 Å². The van der Waals surface area contributed by atoms with Gasteiger partial charge in [0.1, 0.15) is 0 Å². The van der Waals surface area contributed by atoms with Crippen LogP contribution in [-0.2, 0) is 16.3 Å². The molecular weight excluding hydrogens is 435 g/mol. The van der Waals surface area contributed by atoms with Crippen LogP contribution < -0.4 is 0 Å². The summed E-state index contributed by atoms with van der Waals surface area (Å²) < 4.78 is 46.8. The van der Waals surface area contributed by atoms with Crippen molar-refractivity contribution in [3.8, 4) is 0 Å². The predicted octanol–water partition coefficient (Wildman–Crippen LogP) is 5.68. The van der Waals surface area contributed by atoms with E-state index in [-0.39, 0.29) is 6.61 Å². The first-order chi connectivity index (χ1) is 15.6. The molecule has 1 aliphatic rings. The topological polar surface area (TPSA) is 78.5 Å². The molecule has 1 fully saturated rings. The maximum atomic E-state index is 13.5. The van der Waals surface area contributed by atoms with Gasteiger partial charge in [0.15, 0.2) is 0 Å². The highest BCUT2D eigenvalue weighted by Gasteiger charge is 2.39. The third kappa shape index (κ3) is 4.55. The summed E-state index contributed by atoms with van der Waals surface area (Å²) in [5.41, 5.74) is 1.26. The summed E-state index contributed by atoms with van der Waals surface area (Å²) >= 11 is 0. The number of carboxylic acid groups (broad SMARTS) is 1. The minimum Gasteiger partial charge on any atom is -0.465 e. The number of nitrogens with zero attached hydrogens (tertiary/aromatic N) is 2. The van der Waals surface area contributed by atoms with Crippen molar-refractivity contribution in [1.29, 1.82) is 0 Å². The zero-order valence-corrected chi connectivity index (χ0v) is 18.4. The van der Waals surface area contributed by atoms with Crippen molar-refractivity contribution >= 4 is 17.0 Å². The number of alkyl halides is 3. The second kappa shape index (κ2) is 8.70. The molecule has 0 spiro atoms. The first kappa shape index (κ1) is 23.1. The summed E-state index contributed by atoms with van der Waals surface area (Å²) in [7, 11) is 0. The van der Waals surface area contributed by atoms with Gasteiger partial charge in [0.05, 0.1) is 23.8 Å². The first-order valence-corrected chi connectivity index (χ1v) is 10.8. The third-order valence-corrected chi connectivity index (χ3v) is 6.63. The molecule has 9 heteroatoms. The number of aryl methyl sites for hydroxylation is 1. The lowest BCUT2D eigenvalue weighted by Gasteiger charge is -2.41. The van der Waals surface area contributed by atoms with Gasteiger partial charge in [0.25, 0.3) is 0 Å². The van der Waals surface area contributed by atoms with Crippen molar-refractivity contribution < 1.29 is 27.8 Å². The third-order valence-electron chi connectivity index (χ3n) is 6.63. The van der Waals surface area contributed by atoms with E-state index in [9.17, 15) is 23.1 Å². The number of halogens is 3.